The molecule has 0 spiro atoms. The van der Waals surface area contributed by atoms with Crippen LogP contribution in [0.5, 0.6) is 5.75 Å². The fourth-order valence-electron chi connectivity index (χ4n) is 1.30. The summed E-state index contributed by atoms with van der Waals surface area (Å²) >= 11 is 0. The number of benzene rings is 1. The molecule has 0 bridgehead atoms. The summed E-state index contributed by atoms with van der Waals surface area (Å²) in [6.07, 6.45) is 0. The molecule has 0 aliphatic rings. The van der Waals surface area contributed by atoms with Gasteiger partial charge in [-0.25, -0.2) is 0 Å². The van der Waals surface area contributed by atoms with E-state index in [4.69, 9.17) is 10.00 Å². The second kappa shape index (κ2) is 5.26. The van der Waals surface area contributed by atoms with Gasteiger partial charge in [0.05, 0.1) is 18.4 Å². The molecule has 0 radical (unpaired) electrons. The highest BCUT2D eigenvalue weighted by molar-refractivity contribution is 5.59. The first-order chi connectivity index (χ1) is 7.17. The van der Waals surface area contributed by atoms with Crippen molar-refractivity contribution in [2.75, 3.05) is 11.9 Å². The summed E-state index contributed by atoms with van der Waals surface area (Å²) in [6, 6.07) is 7.82. The van der Waals surface area contributed by atoms with Crippen molar-refractivity contribution in [1.29, 1.82) is 5.26 Å². The van der Waals surface area contributed by atoms with Gasteiger partial charge >= 0.3 is 0 Å². The number of nitriles is 1. The van der Waals surface area contributed by atoms with Crippen LogP contribution in [0.15, 0.2) is 18.2 Å². The first-order valence-electron chi connectivity index (χ1n) is 5.07. The summed E-state index contributed by atoms with van der Waals surface area (Å²) < 4.78 is 5.47. The molecule has 15 heavy (non-hydrogen) atoms. The van der Waals surface area contributed by atoms with Gasteiger partial charge in [-0.1, -0.05) is 6.07 Å². The molecule has 3 nitrogen and oxygen atoms in total. The van der Waals surface area contributed by atoms with Crippen LogP contribution >= 0.6 is 0 Å². The lowest BCUT2D eigenvalue weighted by Gasteiger charge is -2.14. The van der Waals surface area contributed by atoms with Gasteiger partial charge in [-0.05, 0) is 38.5 Å². The van der Waals surface area contributed by atoms with Crippen LogP contribution in [0, 0.1) is 18.3 Å². The van der Waals surface area contributed by atoms with E-state index >= 15 is 0 Å². The van der Waals surface area contributed by atoms with E-state index in [1.165, 1.54) is 0 Å². The van der Waals surface area contributed by atoms with E-state index in [-0.39, 0.29) is 6.04 Å². The first kappa shape index (κ1) is 11.4. The fraction of sp³-hybridized carbons (Fsp3) is 0.417. The third-order valence-electron chi connectivity index (χ3n) is 2.00. The maximum absolute atomic E-state index is 8.73. The van der Waals surface area contributed by atoms with Crippen molar-refractivity contribution in [3.05, 3.63) is 23.8 Å². The van der Waals surface area contributed by atoms with Crippen LogP contribution in [0.3, 0.4) is 0 Å². The van der Waals surface area contributed by atoms with Crippen molar-refractivity contribution in [2.45, 2.75) is 26.8 Å². The second-order valence-corrected chi connectivity index (χ2v) is 3.43. The summed E-state index contributed by atoms with van der Waals surface area (Å²) in [5.41, 5.74) is 2.02. The van der Waals surface area contributed by atoms with Crippen molar-refractivity contribution in [2.24, 2.45) is 0 Å². The van der Waals surface area contributed by atoms with Crippen LogP contribution in [0.25, 0.3) is 0 Å². The summed E-state index contributed by atoms with van der Waals surface area (Å²) in [5.74, 6) is 0.796. The maximum atomic E-state index is 8.73. The number of rotatable bonds is 4. The van der Waals surface area contributed by atoms with E-state index in [2.05, 4.69) is 11.4 Å². The second-order valence-electron chi connectivity index (χ2n) is 3.43. The quantitative estimate of drug-likeness (QED) is 0.820. The predicted molar refractivity (Wildman–Crippen MR) is 61.0 cm³/mol. The number of nitrogens with zero attached hydrogens (tertiary/aromatic N) is 1. The Bertz CT molecular complexity index is 368. The number of hydrogen-bond donors (Lipinski definition) is 1. The van der Waals surface area contributed by atoms with Gasteiger partial charge < -0.3 is 10.1 Å². The number of hydrogen-bond acceptors (Lipinski definition) is 3. The number of anilines is 1. The SMILES string of the molecule is CCOc1ccc(C)cc1NC(C)C#N. The van der Waals surface area contributed by atoms with Crippen LogP contribution in [0.4, 0.5) is 5.69 Å². The molecule has 0 aliphatic carbocycles. The van der Waals surface area contributed by atoms with E-state index in [9.17, 15) is 0 Å². The Hall–Kier alpha value is -1.69. The summed E-state index contributed by atoms with van der Waals surface area (Å²) in [7, 11) is 0. The summed E-state index contributed by atoms with van der Waals surface area (Å²) in [4.78, 5) is 0. The lowest BCUT2D eigenvalue weighted by atomic mass is 10.2. The van der Waals surface area contributed by atoms with Gasteiger partial charge in [0.15, 0.2) is 0 Å². The summed E-state index contributed by atoms with van der Waals surface area (Å²) in [6.45, 7) is 6.39. The van der Waals surface area contributed by atoms with Crippen molar-refractivity contribution in [3.8, 4) is 11.8 Å². The van der Waals surface area contributed by atoms with Gasteiger partial charge in [0.25, 0.3) is 0 Å². The van der Waals surface area contributed by atoms with Crippen LogP contribution in [-0.4, -0.2) is 12.6 Å². The molecule has 0 fully saturated rings. The van der Waals surface area contributed by atoms with Gasteiger partial charge in [-0.15, -0.1) is 0 Å². The molecule has 1 aromatic carbocycles. The van der Waals surface area contributed by atoms with Crippen molar-refractivity contribution in [1.82, 2.24) is 0 Å². The highest BCUT2D eigenvalue weighted by atomic mass is 16.5. The minimum atomic E-state index is -0.217. The number of aryl methyl sites for hydroxylation is 1. The summed E-state index contributed by atoms with van der Waals surface area (Å²) in [5, 5.41) is 11.8. The fourth-order valence-corrected chi connectivity index (χ4v) is 1.30. The molecule has 0 saturated carbocycles. The zero-order chi connectivity index (χ0) is 11.3. The van der Waals surface area contributed by atoms with E-state index < -0.39 is 0 Å². The Kier molecular flexibility index (Phi) is 3.99. The molecule has 1 atom stereocenters. The van der Waals surface area contributed by atoms with E-state index in [0.29, 0.717) is 6.61 Å². The molecule has 1 rings (SSSR count). The Morgan fingerprint density at radius 2 is 2.27 bits per heavy atom. The van der Waals surface area contributed by atoms with Crippen LogP contribution in [0.2, 0.25) is 0 Å². The Labute approximate surface area is 90.7 Å². The number of nitrogens with one attached hydrogen (secondary N) is 1. The third kappa shape index (κ3) is 3.17. The molecule has 1 unspecified atom stereocenters. The number of ether oxygens (including phenoxy) is 1. The molecule has 3 heteroatoms. The van der Waals surface area contributed by atoms with Crippen molar-refractivity contribution >= 4 is 5.69 Å². The molecule has 1 aromatic rings. The molecule has 1 N–H and O–H groups in total. The lowest BCUT2D eigenvalue weighted by molar-refractivity contribution is 0.341. The average Bonchev–Trinajstić information content (AvgIpc) is 2.22. The van der Waals surface area contributed by atoms with Crippen LogP contribution in [0.1, 0.15) is 19.4 Å². The van der Waals surface area contributed by atoms with Crippen molar-refractivity contribution in [3.63, 3.8) is 0 Å². The van der Waals surface area contributed by atoms with Gasteiger partial charge in [0, 0.05) is 0 Å². The topological polar surface area (TPSA) is 45.0 Å². The third-order valence-corrected chi connectivity index (χ3v) is 2.00. The normalized spacial score (nSPS) is 11.6. The molecular weight excluding hydrogens is 188 g/mol. The zero-order valence-corrected chi connectivity index (χ0v) is 9.37. The van der Waals surface area contributed by atoms with Gasteiger partial charge in [-0.3, -0.25) is 0 Å². The predicted octanol–water partition coefficient (Wildman–Crippen LogP) is 2.72. The molecule has 0 aromatic heterocycles. The average molecular weight is 204 g/mol. The van der Waals surface area contributed by atoms with E-state index in [1.807, 2.05) is 39.0 Å². The van der Waals surface area contributed by atoms with Gasteiger partial charge in [0.2, 0.25) is 0 Å². The van der Waals surface area contributed by atoms with Gasteiger partial charge in [-0.2, -0.15) is 5.26 Å². The van der Waals surface area contributed by atoms with Gasteiger partial charge in [0.1, 0.15) is 11.8 Å². The van der Waals surface area contributed by atoms with Crippen LogP contribution in [-0.2, 0) is 0 Å². The highest BCUT2D eigenvalue weighted by Gasteiger charge is 2.06. The molecular formula is C12H16N2O. The molecule has 0 saturated heterocycles. The Morgan fingerprint density at radius 1 is 1.53 bits per heavy atom. The molecule has 0 heterocycles. The smallest absolute Gasteiger partial charge is 0.142 e. The minimum Gasteiger partial charge on any atom is -0.492 e. The monoisotopic (exact) mass is 204 g/mol. The molecule has 80 valence electrons. The lowest BCUT2D eigenvalue weighted by Crippen LogP contribution is -2.13. The maximum Gasteiger partial charge on any atom is 0.142 e. The Morgan fingerprint density at radius 3 is 2.87 bits per heavy atom. The minimum absolute atomic E-state index is 0.217. The molecule has 0 amide bonds. The first-order valence-corrected chi connectivity index (χ1v) is 5.07. The largest absolute Gasteiger partial charge is 0.492 e. The molecule has 0 aliphatic heterocycles. The van der Waals surface area contributed by atoms with E-state index in [1.54, 1.807) is 0 Å². The van der Waals surface area contributed by atoms with Crippen LogP contribution < -0.4 is 10.1 Å². The van der Waals surface area contributed by atoms with E-state index in [0.717, 1.165) is 17.0 Å². The highest BCUT2D eigenvalue weighted by Crippen LogP contribution is 2.26. The standard InChI is InChI=1S/C12H16N2O/c1-4-15-12-6-5-9(2)7-11(12)14-10(3)8-13/h5-7,10,14H,4H2,1-3H3. The van der Waals surface area contributed by atoms with Crippen molar-refractivity contribution < 1.29 is 4.74 Å². The Balaban J connectivity index is 2.92. The zero-order valence-electron chi connectivity index (χ0n) is 9.37.